The van der Waals surface area contributed by atoms with Gasteiger partial charge >= 0.3 is 11.9 Å². The highest BCUT2D eigenvalue weighted by atomic mass is 35.5. The van der Waals surface area contributed by atoms with Gasteiger partial charge < -0.3 is 21.7 Å². The molecule has 3 unspecified atom stereocenters. The van der Waals surface area contributed by atoms with Gasteiger partial charge in [0.15, 0.2) is 0 Å². The molecule has 0 saturated carbocycles. The fourth-order valence-electron chi connectivity index (χ4n) is 2.79. The Morgan fingerprint density at radius 2 is 1.28 bits per heavy atom. The summed E-state index contributed by atoms with van der Waals surface area (Å²) < 4.78 is 0. The molecule has 0 aliphatic carbocycles. The zero-order valence-corrected chi connectivity index (χ0v) is 17.6. The van der Waals surface area contributed by atoms with Crippen LogP contribution in [0.5, 0.6) is 0 Å². The van der Waals surface area contributed by atoms with Crippen LogP contribution in [-0.4, -0.2) is 34.7 Å². The van der Waals surface area contributed by atoms with Crippen molar-refractivity contribution in [2.75, 3.05) is 6.54 Å². The minimum Gasteiger partial charge on any atom is -0.481 e. The molecule has 0 aliphatic heterocycles. The van der Waals surface area contributed by atoms with E-state index in [1.54, 1.807) is 24.3 Å². The van der Waals surface area contributed by atoms with E-state index >= 15 is 0 Å². The average molecular weight is 441 g/mol. The van der Waals surface area contributed by atoms with Crippen molar-refractivity contribution in [3.05, 3.63) is 69.7 Å². The van der Waals surface area contributed by atoms with Gasteiger partial charge in [-0.15, -0.1) is 0 Å². The lowest BCUT2D eigenvalue weighted by atomic mass is 9.90. The van der Waals surface area contributed by atoms with E-state index in [9.17, 15) is 9.59 Å². The normalized spacial score (nSPS) is 13.6. The van der Waals surface area contributed by atoms with E-state index in [1.807, 2.05) is 31.2 Å². The molecular formula is C21H26Cl2N2O4. The summed E-state index contributed by atoms with van der Waals surface area (Å²) in [7, 11) is 0. The van der Waals surface area contributed by atoms with E-state index in [2.05, 4.69) is 0 Å². The molecule has 158 valence electrons. The minimum atomic E-state index is -0.841. The SMILES string of the molecule is CC(N)C(CC(=O)O)c1ccc(Cl)cc1.NCC(CC(=O)O)c1ccc(Cl)cc1. The number of benzene rings is 2. The number of rotatable bonds is 8. The van der Waals surface area contributed by atoms with Crippen LogP contribution >= 0.6 is 23.2 Å². The van der Waals surface area contributed by atoms with Gasteiger partial charge in [0.1, 0.15) is 0 Å². The third-order valence-corrected chi connectivity index (χ3v) is 4.88. The fraction of sp³-hybridized carbons (Fsp3) is 0.333. The second-order valence-electron chi connectivity index (χ2n) is 6.70. The van der Waals surface area contributed by atoms with Crippen LogP contribution in [0, 0.1) is 0 Å². The van der Waals surface area contributed by atoms with E-state index in [0.29, 0.717) is 16.6 Å². The highest BCUT2D eigenvalue weighted by Gasteiger charge is 2.19. The summed E-state index contributed by atoms with van der Waals surface area (Å²) >= 11 is 11.5. The monoisotopic (exact) mass is 440 g/mol. The van der Waals surface area contributed by atoms with Crippen molar-refractivity contribution in [3.63, 3.8) is 0 Å². The van der Waals surface area contributed by atoms with Gasteiger partial charge in [0.05, 0.1) is 12.8 Å². The molecule has 0 bridgehead atoms. The number of hydrogen-bond acceptors (Lipinski definition) is 4. The van der Waals surface area contributed by atoms with Crippen LogP contribution in [-0.2, 0) is 9.59 Å². The Morgan fingerprint density at radius 1 is 0.862 bits per heavy atom. The fourth-order valence-corrected chi connectivity index (χ4v) is 3.04. The molecule has 2 aromatic carbocycles. The zero-order valence-electron chi connectivity index (χ0n) is 16.1. The third-order valence-electron chi connectivity index (χ3n) is 4.37. The Labute approximate surface area is 180 Å². The van der Waals surface area contributed by atoms with Crippen LogP contribution in [0.4, 0.5) is 0 Å². The Kier molecular flexibility index (Phi) is 10.7. The molecule has 0 aliphatic rings. The van der Waals surface area contributed by atoms with Crippen molar-refractivity contribution in [1.82, 2.24) is 0 Å². The molecule has 29 heavy (non-hydrogen) atoms. The van der Waals surface area contributed by atoms with Crippen LogP contribution in [0.2, 0.25) is 10.0 Å². The van der Waals surface area contributed by atoms with Crippen LogP contribution in [0.15, 0.2) is 48.5 Å². The topological polar surface area (TPSA) is 127 Å². The summed E-state index contributed by atoms with van der Waals surface area (Å²) in [6, 6.07) is 14.0. The smallest absolute Gasteiger partial charge is 0.304 e. The van der Waals surface area contributed by atoms with Crippen LogP contribution < -0.4 is 11.5 Å². The maximum Gasteiger partial charge on any atom is 0.304 e. The van der Waals surface area contributed by atoms with Gasteiger partial charge in [-0.05, 0) is 48.9 Å². The van der Waals surface area contributed by atoms with E-state index in [1.165, 1.54) is 0 Å². The first-order valence-electron chi connectivity index (χ1n) is 9.04. The summed E-state index contributed by atoms with van der Waals surface area (Å²) in [5.74, 6) is -1.98. The molecule has 0 fully saturated rings. The Bertz CT molecular complexity index is 780. The first kappa shape index (κ1) is 24.9. The number of carboxylic acids is 2. The van der Waals surface area contributed by atoms with Crippen molar-refractivity contribution in [1.29, 1.82) is 0 Å². The Hall–Kier alpha value is -2.12. The van der Waals surface area contributed by atoms with Crippen molar-refractivity contribution >= 4 is 35.1 Å². The average Bonchev–Trinajstić information content (AvgIpc) is 2.66. The highest BCUT2D eigenvalue weighted by Crippen LogP contribution is 2.24. The molecule has 0 aromatic heterocycles. The lowest BCUT2D eigenvalue weighted by molar-refractivity contribution is -0.138. The molecule has 0 spiro atoms. The van der Waals surface area contributed by atoms with Gasteiger partial charge in [0.2, 0.25) is 0 Å². The van der Waals surface area contributed by atoms with Gasteiger partial charge in [-0.25, -0.2) is 0 Å². The number of hydrogen-bond donors (Lipinski definition) is 4. The number of halogens is 2. The van der Waals surface area contributed by atoms with Crippen molar-refractivity contribution < 1.29 is 19.8 Å². The second kappa shape index (κ2) is 12.4. The largest absolute Gasteiger partial charge is 0.481 e. The molecule has 0 heterocycles. The van der Waals surface area contributed by atoms with Crippen molar-refractivity contribution in [3.8, 4) is 0 Å². The zero-order chi connectivity index (χ0) is 22.0. The minimum absolute atomic E-state index is 0.0410. The van der Waals surface area contributed by atoms with E-state index in [0.717, 1.165) is 11.1 Å². The molecule has 0 amide bonds. The standard InChI is InChI=1S/C11H14ClNO2.C10H12ClNO2/c1-7(13)10(6-11(14)15)8-2-4-9(12)5-3-8;11-9-3-1-7(2-4-9)8(6-12)5-10(13)14/h2-5,7,10H,6,13H2,1H3,(H,14,15);1-4,8H,5-6,12H2,(H,13,14). The Morgan fingerprint density at radius 3 is 1.62 bits per heavy atom. The predicted octanol–water partition coefficient (Wildman–Crippen LogP) is 4.10. The van der Waals surface area contributed by atoms with Crippen molar-refractivity contribution in [2.45, 2.75) is 37.6 Å². The van der Waals surface area contributed by atoms with Crippen molar-refractivity contribution in [2.24, 2.45) is 11.5 Å². The van der Waals surface area contributed by atoms with E-state index in [4.69, 9.17) is 44.9 Å². The maximum atomic E-state index is 10.7. The number of aliphatic carboxylic acids is 2. The molecule has 2 rings (SSSR count). The summed E-state index contributed by atoms with van der Waals surface area (Å²) in [5.41, 5.74) is 13.1. The van der Waals surface area contributed by atoms with Gasteiger partial charge in [-0.3, -0.25) is 9.59 Å². The van der Waals surface area contributed by atoms with Gasteiger partial charge in [-0.2, -0.15) is 0 Å². The molecule has 3 atom stereocenters. The van der Waals surface area contributed by atoms with E-state index < -0.39 is 11.9 Å². The molecule has 6 nitrogen and oxygen atoms in total. The van der Waals surface area contributed by atoms with Crippen LogP contribution in [0.3, 0.4) is 0 Å². The molecule has 0 saturated heterocycles. The van der Waals surface area contributed by atoms with E-state index in [-0.39, 0.29) is 30.7 Å². The summed E-state index contributed by atoms with van der Waals surface area (Å²) in [5, 5.41) is 18.7. The second-order valence-corrected chi connectivity index (χ2v) is 7.57. The summed E-state index contributed by atoms with van der Waals surface area (Å²) in [6.07, 6.45) is 0.0947. The predicted molar refractivity (Wildman–Crippen MR) is 116 cm³/mol. The molecule has 6 N–H and O–H groups in total. The summed E-state index contributed by atoms with van der Waals surface area (Å²) in [6.45, 7) is 2.14. The Balaban J connectivity index is 0.000000291. The number of carbonyl (C=O) groups is 2. The van der Waals surface area contributed by atoms with Gasteiger partial charge in [0.25, 0.3) is 0 Å². The quantitative estimate of drug-likeness (QED) is 0.489. The summed E-state index contributed by atoms with van der Waals surface area (Å²) in [4.78, 5) is 21.2. The maximum absolute atomic E-state index is 10.7. The number of nitrogens with two attached hydrogens (primary N) is 2. The number of carboxylic acid groups (broad SMARTS) is 2. The molecule has 0 radical (unpaired) electrons. The first-order valence-corrected chi connectivity index (χ1v) is 9.79. The van der Waals surface area contributed by atoms with Gasteiger partial charge in [-0.1, -0.05) is 47.5 Å². The molecule has 2 aromatic rings. The van der Waals surface area contributed by atoms with Gasteiger partial charge in [0, 0.05) is 27.9 Å². The molecular weight excluding hydrogens is 415 g/mol. The lowest BCUT2D eigenvalue weighted by Gasteiger charge is -2.19. The highest BCUT2D eigenvalue weighted by molar-refractivity contribution is 6.30. The lowest BCUT2D eigenvalue weighted by Crippen LogP contribution is -2.26. The first-order chi connectivity index (χ1) is 13.6. The van der Waals surface area contributed by atoms with Crippen LogP contribution in [0.25, 0.3) is 0 Å². The van der Waals surface area contributed by atoms with Crippen LogP contribution in [0.1, 0.15) is 42.7 Å². The molecule has 8 heteroatoms. The third kappa shape index (κ3) is 9.28.